The zero-order valence-corrected chi connectivity index (χ0v) is 38.9. The molecule has 3 aromatic rings. The number of hydrogen-bond donors (Lipinski definition) is 6. The van der Waals surface area contributed by atoms with E-state index in [0.29, 0.717) is 40.2 Å². The molecule has 3 aromatic carbocycles. The largest absolute Gasteiger partial charge is 0.497 e. The van der Waals surface area contributed by atoms with Crippen molar-refractivity contribution < 1.29 is 57.2 Å². The quantitative estimate of drug-likeness (QED) is 0.106. The van der Waals surface area contributed by atoms with Gasteiger partial charge in [-0.2, -0.15) is 0 Å². The molecule has 5 unspecified atom stereocenters. The number of ether oxygens (including phenoxy) is 5. The number of amides is 5. The Morgan fingerprint density at radius 3 is 2.38 bits per heavy atom. The number of rotatable bonds is 13. The second-order valence-corrected chi connectivity index (χ2v) is 22.9. The molecule has 1 fully saturated rings. The molecule has 6 bridgehead atoms. The molecule has 0 radical (unpaired) electrons. The molecule has 17 nitrogen and oxygen atoms in total. The number of aliphatic hydroxyl groups is 1. The van der Waals surface area contributed by atoms with Crippen molar-refractivity contribution in [3.63, 3.8) is 0 Å². The molecule has 64 heavy (non-hydrogen) atoms. The van der Waals surface area contributed by atoms with Gasteiger partial charge in [-0.05, 0) is 53.9 Å². The number of benzene rings is 3. The first kappa shape index (κ1) is 48.1. The van der Waals surface area contributed by atoms with Gasteiger partial charge in [-0.3, -0.25) is 24.0 Å². The van der Waals surface area contributed by atoms with Gasteiger partial charge in [0, 0.05) is 35.8 Å². The van der Waals surface area contributed by atoms with Gasteiger partial charge in [0.25, 0.3) is 5.91 Å². The summed E-state index contributed by atoms with van der Waals surface area (Å²) in [6.07, 6.45) is -3.66. The summed E-state index contributed by atoms with van der Waals surface area (Å²) in [5.41, 5.74) is 5.62. The van der Waals surface area contributed by atoms with E-state index in [1.54, 1.807) is 60.7 Å². The number of primary amides is 1. The van der Waals surface area contributed by atoms with E-state index in [-0.39, 0.29) is 42.0 Å². The lowest BCUT2D eigenvalue weighted by atomic mass is 9.83. The Labute approximate surface area is 374 Å². The SMILES string of the molecule is CCC(C)[C@H](O[Si](C)(C)C(C)(C)C)C(=O)NC1Cc2ccc(OCOC)c(c2)-c2cccc3c2NC(=O)C3(O)[C@@H]2OC(c3ccc(OC)cc3)OCC2NC(=O)[C@H](CC(N)=O)NC1=O. The molecule has 0 saturated carbocycles. The lowest BCUT2D eigenvalue weighted by molar-refractivity contribution is -0.266. The van der Waals surface area contributed by atoms with Crippen molar-refractivity contribution >= 4 is 43.5 Å². The fourth-order valence-electron chi connectivity index (χ4n) is 7.80. The van der Waals surface area contributed by atoms with Crippen molar-refractivity contribution in [2.45, 2.75) is 114 Å². The molecule has 0 aromatic heterocycles. The fourth-order valence-corrected chi connectivity index (χ4v) is 9.12. The second kappa shape index (κ2) is 19.4. The van der Waals surface area contributed by atoms with Crippen LogP contribution in [0.4, 0.5) is 5.69 Å². The number of carbonyl (C=O) groups is 5. The summed E-state index contributed by atoms with van der Waals surface area (Å²) in [4.78, 5) is 70.3. The lowest BCUT2D eigenvalue weighted by Gasteiger charge is -2.43. The van der Waals surface area contributed by atoms with Crippen LogP contribution in [0.25, 0.3) is 11.1 Å². The Kier molecular flexibility index (Phi) is 14.6. The van der Waals surface area contributed by atoms with Gasteiger partial charge in [0.15, 0.2) is 27.0 Å². The third-order valence-electron chi connectivity index (χ3n) is 12.7. The number of hydrogen-bond acceptors (Lipinski definition) is 12. The second-order valence-electron chi connectivity index (χ2n) is 18.1. The maximum Gasteiger partial charge on any atom is 0.263 e. The fraction of sp³-hybridized carbons (Fsp3) is 0.500. The maximum absolute atomic E-state index is 14.6. The molecule has 7 N–H and O–H groups in total. The standard InChI is InChI=1S/C46H61N5O12Si/c1-10-25(2)38(63-64(8,9)45(3,4)5)42(55)49-32-21-26-14-19-35(61-24-58-6)30(20-26)29-12-11-13-31-37(29)51-44(56)46(31,57)39-34(50-41(54)33(22-36(47)52)48-40(32)53)23-60-43(62-39)27-15-17-28(59-7)18-16-27/h11-20,25,32-34,38-39,43,57H,10,21-24H2,1-9H3,(H2,47,52)(H,48,53)(H,49,55)(H,50,54)(H,51,56)/t25?,32?,33-,34?,38-,39+,43?,46?/m0/s1. The molecule has 0 aliphatic carbocycles. The number of nitrogens with one attached hydrogen (secondary N) is 4. The van der Waals surface area contributed by atoms with E-state index in [0.717, 1.165) is 0 Å². The summed E-state index contributed by atoms with van der Waals surface area (Å²) in [7, 11) is 0.483. The molecule has 3 heterocycles. The van der Waals surface area contributed by atoms with Crippen LogP contribution in [0.5, 0.6) is 11.5 Å². The lowest BCUT2D eigenvalue weighted by Crippen LogP contribution is -2.64. The zero-order valence-electron chi connectivity index (χ0n) is 37.9. The molecule has 6 rings (SSSR count). The summed E-state index contributed by atoms with van der Waals surface area (Å²) >= 11 is 0. The summed E-state index contributed by atoms with van der Waals surface area (Å²) in [6, 6.07) is 12.8. The van der Waals surface area contributed by atoms with Gasteiger partial charge in [0.2, 0.25) is 23.6 Å². The van der Waals surface area contributed by atoms with Gasteiger partial charge >= 0.3 is 0 Å². The average molecular weight is 904 g/mol. The molecular weight excluding hydrogens is 843 g/mol. The Morgan fingerprint density at radius 1 is 1.02 bits per heavy atom. The van der Waals surface area contributed by atoms with Crippen LogP contribution in [0, 0.1) is 5.92 Å². The van der Waals surface area contributed by atoms with Gasteiger partial charge < -0.3 is 60.2 Å². The number of fused-ring (bicyclic) bond motifs is 5. The van der Waals surface area contributed by atoms with E-state index < -0.39 is 86.5 Å². The van der Waals surface area contributed by atoms with Crippen LogP contribution < -0.4 is 36.5 Å². The van der Waals surface area contributed by atoms with Crippen LogP contribution in [0.3, 0.4) is 0 Å². The van der Waals surface area contributed by atoms with Crippen molar-refractivity contribution in [2.24, 2.45) is 11.7 Å². The highest BCUT2D eigenvalue weighted by Gasteiger charge is 2.58. The minimum absolute atomic E-state index is 0.0994. The molecule has 0 spiro atoms. The number of para-hydroxylation sites is 1. The number of nitrogens with two attached hydrogens (primary N) is 1. The molecule has 3 aliphatic heterocycles. The first-order chi connectivity index (χ1) is 30.2. The predicted molar refractivity (Wildman–Crippen MR) is 238 cm³/mol. The normalized spacial score (nSPS) is 24.6. The van der Waals surface area contributed by atoms with Crippen molar-refractivity contribution in [2.75, 3.05) is 32.9 Å². The predicted octanol–water partition coefficient (Wildman–Crippen LogP) is 3.92. The van der Waals surface area contributed by atoms with E-state index >= 15 is 0 Å². The van der Waals surface area contributed by atoms with Gasteiger partial charge in [0.05, 0.1) is 31.9 Å². The van der Waals surface area contributed by atoms with Crippen molar-refractivity contribution in [3.8, 4) is 22.6 Å². The summed E-state index contributed by atoms with van der Waals surface area (Å²) in [5.74, 6) is -3.24. The van der Waals surface area contributed by atoms with Crippen LogP contribution in [-0.2, 0) is 54.6 Å². The Bertz CT molecular complexity index is 2230. The van der Waals surface area contributed by atoms with Gasteiger partial charge in [-0.15, -0.1) is 0 Å². The molecule has 346 valence electrons. The van der Waals surface area contributed by atoms with E-state index in [2.05, 4.69) is 42.0 Å². The highest BCUT2D eigenvalue weighted by Crippen LogP contribution is 2.49. The van der Waals surface area contributed by atoms with E-state index in [1.165, 1.54) is 14.2 Å². The summed E-state index contributed by atoms with van der Waals surface area (Å²) < 4.78 is 35.8. The van der Waals surface area contributed by atoms with Crippen molar-refractivity contribution in [1.29, 1.82) is 0 Å². The molecule has 3 aliphatic rings. The van der Waals surface area contributed by atoms with Crippen LogP contribution in [0.15, 0.2) is 60.7 Å². The monoisotopic (exact) mass is 903 g/mol. The van der Waals surface area contributed by atoms with Gasteiger partial charge in [0.1, 0.15) is 35.8 Å². The zero-order chi connectivity index (χ0) is 46.7. The highest BCUT2D eigenvalue weighted by atomic mass is 28.4. The first-order valence-electron chi connectivity index (χ1n) is 21.4. The Balaban J connectivity index is 1.49. The van der Waals surface area contributed by atoms with Crippen molar-refractivity contribution in [3.05, 3.63) is 77.4 Å². The van der Waals surface area contributed by atoms with Crippen molar-refractivity contribution in [1.82, 2.24) is 16.0 Å². The smallest absolute Gasteiger partial charge is 0.263 e. The number of methoxy groups -OCH3 is 2. The molecule has 18 heteroatoms. The van der Waals surface area contributed by atoms with Crippen LogP contribution >= 0.6 is 0 Å². The van der Waals surface area contributed by atoms with E-state index in [9.17, 15) is 29.1 Å². The molecule has 1 saturated heterocycles. The van der Waals surface area contributed by atoms with Crippen LogP contribution in [0.1, 0.15) is 70.4 Å². The van der Waals surface area contributed by atoms with Gasteiger partial charge in [-0.25, -0.2) is 0 Å². The maximum atomic E-state index is 14.6. The average Bonchev–Trinajstić information content (AvgIpc) is 3.52. The molecular formula is C46H61N5O12Si. The van der Waals surface area contributed by atoms with Crippen LogP contribution in [-0.4, -0.2) is 101 Å². The first-order valence-corrected chi connectivity index (χ1v) is 24.3. The minimum atomic E-state index is -2.51. The molecule has 5 amide bonds. The molecule has 8 atom stereocenters. The van der Waals surface area contributed by atoms with E-state index in [4.69, 9.17) is 33.8 Å². The third kappa shape index (κ3) is 9.96. The highest BCUT2D eigenvalue weighted by molar-refractivity contribution is 6.74. The van der Waals surface area contributed by atoms with Crippen LogP contribution in [0.2, 0.25) is 18.1 Å². The van der Waals surface area contributed by atoms with Gasteiger partial charge in [-0.1, -0.05) is 77.4 Å². The third-order valence-corrected chi connectivity index (χ3v) is 17.1. The topological polar surface area (TPSA) is 235 Å². The minimum Gasteiger partial charge on any atom is -0.497 e. The Hall–Kier alpha value is -5.37. The summed E-state index contributed by atoms with van der Waals surface area (Å²) in [5, 5.41) is 23.8. The Morgan fingerprint density at radius 2 is 1.73 bits per heavy atom. The number of anilines is 1. The van der Waals surface area contributed by atoms with E-state index in [1.807, 2.05) is 26.9 Å². The number of carbonyl (C=O) groups excluding carboxylic acids is 5. The summed E-state index contributed by atoms with van der Waals surface area (Å²) in [6.45, 7) is 13.8.